The van der Waals surface area contributed by atoms with Gasteiger partial charge in [0.15, 0.2) is 5.78 Å². The van der Waals surface area contributed by atoms with E-state index in [0.29, 0.717) is 18.7 Å². The van der Waals surface area contributed by atoms with Crippen molar-refractivity contribution >= 4 is 44.4 Å². The van der Waals surface area contributed by atoms with E-state index in [2.05, 4.69) is 16.3 Å². The van der Waals surface area contributed by atoms with Gasteiger partial charge in [0.1, 0.15) is 11.9 Å². The smallest absolute Gasteiger partial charge is 0.306 e. The molecule has 5 aliphatic rings. The number of aryl methyl sites for hydroxylation is 1. The maximum Gasteiger partial charge on any atom is 0.306 e. The van der Waals surface area contributed by atoms with Gasteiger partial charge in [0.25, 0.3) is 0 Å². The molecule has 3 heterocycles. The molecule has 3 saturated carbocycles. The fourth-order valence-electron chi connectivity index (χ4n) is 8.82. The molecule has 0 radical (unpaired) electrons. The monoisotopic (exact) mass is 749 g/mol. The van der Waals surface area contributed by atoms with Crippen LogP contribution in [0, 0.1) is 29.1 Å². The van der Waals surface area contributed by atoms with Crippen LogP contribution in [0.4, 0.5) is 0 Å². The molecule has 1 aromatic heterocycles. The summed E-state index contributed by atoms with van der Waals surface area (Å²) >= 11 is 0. The first-order valence-electron chi connectivity index (χ1n) is 19.2. The average molecular weight is 750 g/mol. The number of nitrogens with one attached hydrogen (secondary N) is 1. The number of rotatable bonds is 9. The Labute approximate surface area is 311 Å². The Hall–Kier alpha value is -4.00. The predicted octanol–water partition coefficient (Wildman–Crippen LogP) is 5.06. The third-order valence-corrected chi connectivity index (χ3v) is 14.0. The normalized spacial score (nSPS) is 29.9. The van der Waals surface area contributed by atoms with Crippen LogP contribution in [0.1, 0.15) is 89.5 Å². The Morgan fingerprint density at radius 1 is 1.13 bits per heavy atom. The van der Waals surface area contributed by atoms with Crippen LogP contribution >= 0.6 is 0 Å². The van der Waals surface area contributed by atoms with Gasteiger partial charge >= 0.3 is 5.97 Å². The molecule has 2 amide bonds. The zero-order valence-electron chi connectivity index (χ0n) is 30.7. The number of pyridine rings is 1. The molecule has 2 aromatic rings. The first kappa shape index (κ1) is 37.3. The second-order valence-electron chi connectivity index (χ2n) is 16.0. The number of cyclic esters (lactones) is 1. The molecule has 1 aromatic carbocycles. The van der Waals surface area contributed by atoms with Crippen molar-refractivity contribution in [3.8, 4) is 11.6 Å². The molecule has 6 atom stereocenters. The number of ether oxygens (including phenoxy) is 3. The standard InChI is InChI=1S/C40H51N3O9S/c1-4-28-20-40(28,39(47)42-53(48,49)30-12-13-30)21-34(44)33-18-29-22-43(33)38(46)32(25-9-5-6-10-25)19-36(45)51-23-24(2)8-7-11-27-16-31-26(17-35(27)50-3)14-15-41-37(31)52-29/h4,14-17,24-25,28-30,32-33H,1,5-13,18-23H2,2-3H3,(H,42,47)/t24-,28-,29+,32-,33-,40+/m0/s1. The highest BCUT2D eigenvalue weighted by Gasteiger charge is 2.61. The molecule has 286 valence electrons. The zero-order chi connectivity index (χ0) is 37.5. The number of carbonyl (C=O) groups is 4. The minimum atomic E-state index is -3.84. The second-order valence-corrected chi connectivity index (χ2v) is 18.0. The van der Waals surface area contributed by atoms with Gasteiger partial charge in [-0.3, -0.25) is 23.9 Å². The number of hydrogen-bond acceptors (Lipinski definition) is 10. The summed E-state index contributed by atoms with van der Waals surface area (Å²) < 4.78 is 45.9. The van der Waals surface area contributed by atoms with Crippen molar-refractivity contribution in [3.05, 3.63) is 42.6 Å². The van der Waals surface area contributed by atoms with Crippen LogP contribution in [0.2, 0.25) is 0 Å². The highest BCUT2D eigenvalue weighted by molar-refractivity contribution is 7.90. The molecule has 53 heavy (non-hydrogen) atoms. The van der Waals surface area contributed by atoms with Crippen molar-refractivity contribution in [1.29, 1.82) is 0 Å². The summed E-state index contributed by atoms with van der Waals surface area (Å²) in [4.78, 5) is 62.3. The molecule has 4 bridgehead atoms. The van der Waals surface area contributed by atoms with Crippen molar-refractivity contribution in [2.45, 2.75) is 108 Å². The molecule has 12 nitrogen and oxygen atoms in total. The Morgan fingerprint density at radius 3 is 2.60 bits per heavy atom. The number of ketones is 1. The third kappa shape index (κ3) is 7.82. The average Bonchev–Trinajstić information content (AvgIpc) is 4.01. The van der Waals surface area contributed by atoms with Gasteiger partial charge in [0.05, 0.1) is 49.3 Å². The van der Waals surface area contributed by atoms with Crippen molar-refractivity contribution in [2.75, 3.05) is 20.3 Å². The second kappa shape index (κ2) is 15.0. The zero-order valence-corrected chi connectivity index (χ0v) is 31.5. The molecular weight excluding hydrogens is 699 g/mol. The lowest BCUT2D eigenvalue weighted by Gasteiger charge is -2.31. The number of amides is 2. The van der Waals surface area contributed by atoms with E-state index in [-0.39, 0.29) is 68.3 Å². The number of allylic oxidation sites excluding steroid dienone is 1. The lowest BCUT2D eigenvalue weighted by molar-refractivity contribution is -0.152. The summed E-state index contributed by atoms with van der Waals surface area (Å²) in [6.45, 7) is 6.22. The van der Waals surface area contributed by atoms with Crippen molar-refractivity contribution < 1.29 is 41.8 Å². The van der Waals surface area contributed by atoms with Gasteiger partial charge in [0.2, 0.25) is 27.7 Å². The number of sulfonamides is 1. The highest BCUT2D eigenvalue weighted by Crippen LogP contribution is 2.57. The molecule has 2 aliphatic heterocycles. The Bertz CT molecular complexity index is 1890. The van der Waals surface area contributed by atoms with E-state index in [1.807, 2.05) is 25.1 Å². The molecule has 4 fully saturated rings. The largest absolute Gasteiger partial charge is 0.496 e. The molecule has 7 rings (SSSR count). The van der Waals surface area contributed by atoms with Crippen LogP contribution in [-0.4, -0.2) is 79.5 Å². The van der Waals surface area contributed by atoms with Crippen LogP contribution in [0.5, 0.6) is 11.6 Å². The van der Waals surface area contributed by atoms with Crippen molar-refractivity contribution in [3.63, 3.8) is 0 Å². The van der Waals surface area contributed by atoms with Crippen molar-refractivity contribution in [2.24, 2.45) is 29.1 Å². The van der Waals surface area contributed by atoms with Crippen LogP contribution in [0.15, 0.2) is 37.1 Å². The number of nitrogens with zero attached hydrogens (tertiary/aromatic N) is 2. The number of hydrogen-bond donors (Lipinski definition) is 1. The molecule has 1 N–H and O–H groups in total. The van der Waals surface area contributed by atoms with E-state index >= 15 is 0 Å². The summed E-state index contributed by atoms with van der Waals surface area (Å²) in [5.74, 6) is -1.59. The van der Waals surface area contributed by atoms with Crippen LogP contribution in [-0.2, 0) is 40.4 Å². The van der Waals surface area contributed by atoms with E-state index in [4.69, 9.17) is 14.2 Å². The summed E-state index contributed by atoms with van der Waals surface area (Å²) in [5, 5.41) is 1.08. The van der Waals surface area contributed by atoms with E-state index in [9.17, 15) is 27.6 Å². The molecule has 0 spiro atoms. The van der Waals surface area contributed by atoms with Gasteiger partial charge < -0.3 is 19.1 Å². The number of methoxy groups -OCH3 is 1. The SMILES string of the molecule is C=C[C@H]1C[C@]1(CC(=O)[C@@H]1C[C@@H]2CN1C(=O)[C@H](C1CCCC1)CC(=O)OC[C@@H](C)CCCc1cc3c(nccc3cc1OC)O2)C(=O)NS(=O)(=O)C1CC1. The Kier molecular flexibility index (Phi) is 10.6. The fraction of sp³-hybridized carbons (Fsp3) is 0.625. The number of fused-ring (bicyclic) bond motifs is 3. The summed E-state index contributed by atoms with van der Waals surface area (Å²) in [7, 11) is -2.20. The van der Waals surface area contributed by atoms with Gasteiger partial charge in [-0.05, 0) is 98.3 Å². The Morgan fingerprint density at radius 2 is 1.91 bits per heavy atom. The van der Waals surface area contributed by atoms with E-state index in [1.165, 1.54) is 0 Å². The van der Waals surface area contributed by atoms with Gasteiger partial charge in [-0.15, -0.1) is 6.58 Å². The minimum Gasteiger partial charge on any atom is -0.496 e. The van der Waals surface area contributed by atoms with E-state index in [0.717, 1.165) is 67.0 Å². The number of benzene rings is 1. The summed E-state index contributed by atoms with van der Waals surface area (Å²) in [6, 6.07) is 4.93. The third-order valence-electron chi connectivity index (χ3n) is 12.2. The molecule has 3 aliphatic carbocycles. The summed E-state index contributed by atoms with van der Waals surface area (Å²) in [5.41, 5.74) is -0.272. The molecular formula is C40H51N3O9S. The maximum absolute atomic E-state index is 14.7. The highest BCUT2D eigenvalue weighted by atomic mass is 32.2. The molecule has 1 saturated heterocycles. The minimum absolute atomic E-state index is 0.0275. The molecule has 13 heteroatoms. The topological polar surface area (TPSA) is 158 Å². The quantitative estimate of drug-likeness (QED) is 0.271. The predicted molar refractivity (Wildman–Crippen MR) is 196 cm³/mol. The van der Waals surface area contributed by atoms with E-state index in [1.54, 1.807) is 24.3 Å². The number of Topliss-reactive ketones (excluding diaryl/α,β-unsaturated/α-hetero) is 1. The van der Waals surface area contributed by atoms with Crippen LogP contribution in [0.25, 0.3) is 10.8 Å². The lowest BCUT2D eigenvalue weighted by Crippen LogP contribution is -2.47. The van der Waals surface area contributed by atoms with Gasteiger partial charge in [-0.2, -0.15) is 0 Å². The van der Waals surface area contributed by atoms with Gasteiger partial charge in [-0.1, -0.05) is 25.8 Å². The first-order chi connectivity index (χ1) is 25.4. The van der Waals surface area contributed by atoms with E-state index < -0.39 is 50.6 Å². The molecule has 0 unspecified atom stereocenters. The van der Waals surface area contributed by atoms with Crippen molar-refractivity contribution in [1.82, 2.24) is 14.6 Å². The number of esters is 1. The summed E-state index contributed by atoms with van der Waals surface area (Å²) in [6.07, 6.45) is 9.68. The van der Waals surface area contributed by atoms with Gasteiger partial charge in [0, 0.05) is 24.4 Å². The number of aromatic nitrogens is 1. The fourth-order valence-corrected chi connectivity index (χ4v) is 10.2. The lowest BCUT2D eigenvalue weighted by atomic mass is 9.86. The number of carbonyl (C=O) groups excluding carboxylic acids is 4. The van der Waals surface area contributed by atoms with Crippen LogP contribution in [0.3, 0.4) is 0 Å². The van der Waals surface area contributed by atoms with Gasteiger partial charge in [-0.25, -0.2) is 13.4 Å². The Balaban J connectivity index is 1.22. The first-order valence-corrected chi connectivity index (χ1v) is 20.8. The maximum atomic E-state index is 14.7. The van der Waals surface area contributed by atoms with Crippen LogP contribution < -0.4 is 14.2 Å².